The number of halogens is 2. The summed E-state index contributed by atoms with van der Waals surface area (Å²) in [5.41, 5.74) is 2.37. The summed E-state index contributed by atoms with van der Waals surface area (Å²) < 4.78 is 36.8. The molecule has 7 nitrogen and oxygen atoms in total. The molecule has 1 aliphatic rings. The van der Waals surface area contributed by atoms with Gasteiger partial charge in [-0.25, -0.2) is 23.5 Å². The number of hydrogen-bond donors (Lipinski definition) is 0. The number of amides is 1. The van der Waals surface area contributed by atoms with Gasteiger partial charge in [0.15, 0.2) is 17.3 Å². The van der Waals surface area contributed by atoms with E-state index < -0.39 is 17.2 Å². The van der Waals surface area contributed by atoms with Crippen molar-refractivity contribution >= 4 is 28.3 Å². The van der Waals surface area contributed by atoms with Gasteiger partial charge in [-0.1, -0.05) is 6.07 Å². The van der Waals surface area contributed by atoms with E-state index in [0.717, 1.165) is 5.69 Å². The number of benzene rings is 1. The molecule has 1 fully saturated rings. The van der Waals surface area contributed by atoms with Crippen LogP contribution in [0, 0.1) is 18.6 Å². The summed E-state index contributed by atoms with van der Waals surface area (Å²) in [7, 11) is 0. The number of pyridine rings is 2. The average Bonchev–Trinajstić information content (AvgIpc) is 3.18. The molecule has 0 spiro atoms. The van der Waals surface area contributed by atoms with Crippen LogP contribution in [0.1, 0.15) is 26.5 Å². The van der Waals surface area contributed by atoms with Crippen molar-refractivity contribution in [3.63, 3.8) is 0 Å². The first-order chi connectivity index (χ1) is 16.6. The lowest BCUT2D eigenvalue weighted by Gasteiger charge is -2.36. The summed E-state index contributed by atoms with van der Waals surface area (Å²) in [5, 5.41) is 0.651. The van der Waals surface area contributed by atoms with Gasteiger partial charge in [0, 0.05) is 55.2 Å². The lowest BCUT2D eigenvalue weighted by atomic mass is 10.1. The topological polar surface area (TPSA) is 63.0 Å². The number of nitrogens with zero attached hydrogens (tertiary/aromatic N) is 5. The number of carbonyl (C=O) groups is 1. The number of anilines is 1. The van der Waals surface area contributed by atoms with Crippen LogP contribution in [0.15, 0.2) is 42.7 Å². The number of imidazole rings is 1. The van der Waals surface area contributed by atoms with Crippen LogP contribution in [0.2, 0.25) is 0 Å². The van der Waals surface area contributed by atoms with E-state index in [-0.39, 0.29) is 17.3 Å². The Morgan fingerprint density at radius 2 is 1.71 bits per heavy atom. The number of aromatic nitrogens is 3. The van der Waals surface area contributed by atoms with Crippen molar-refractivity contribution < 1.29 is 18.3 Å². The Morgan fingerprint density at radius 3 is 2.43 bits per heavy atom. The summed E-state index contributed by atoms with van der Waals surface area (Å²) in [6.07, 6.45) is 3.14. The second-order valence-electron chi connectivity index (χ2n) is 9.84. The molecule has 3 aromatic heterocycles. The normalized spacial score (nSPS) is 14.7. The van der Waals surface area contributed by atoms with E-state index in [9.17, 15) is 9.18 Å². The van der Waals surface area contributed by atoms with Crippen molar-refractivity contribution in [1.29, 1.82) is 0 Å². The number of aryl methyl sites for hydroxylation is 1. The molecule has 0 saturated carbocycles. The maximum Gasteiger partial charge on any atom is 0.410 e. The standard InChI is InChI=1S/C26H27F2N5O2/c1-16-14-33-15-18(12-21(28)24(33)29-16)22-6-5-17-11-19(13-20(27)23(17)30-22)31-7-9-32(10-8-31)25(34)35-26(2,3)4/h5-6,11-15H,7-10H2,1-4H3. The molecule has 1 aromatic carbocycles. The molecular weight excluding hydrogens is 452 g/mol. The molecule has 1 aliphatic heterocycles. The Kier molecular flexibility index (Phi) is 5.57. The molecule has 1 saturated heterocycles. The van der Waals surface area contributed by atoms with Gasteiger partial charge in [-0.05, 0) is 52.0 Å². The number of fused-ring (bicyclic) bond motifs is 2. The van der Waals surface area contributed by atoms with E-state index >= 15 is 4.39 Å². The zero-order valence-electron chi connectivity index (χ0n) is 20.2. The molecule has 0 aliphatic carbocycles. The van der Waals surface area contributed by atoms with Crippen molar-refractivity contribution in [2.24, 2.45) is 0 Å². The van der Waals surface area contributed by atoms with Crippen LogP contribution in [0.3, 0.4) is 0 Å². The first kappa shape index (κ1) is 23.0. The number of piperazine rings is 1. The monoisotopic (exact) mass is 479 g/mol. The van der Waals surface area contributed by atoms with Crippen LogP contribution in [0.5, 0.6) is 0 Å². The highest BCUT2D eigenvalue weighted by molar-refractivity contribution is 5.85. The van der Waals surface area contributed by atoms with E-state index in [2.05, 4.69) is 9.97 Å². The highest BCUT2D eigenvalue weighted by atomic mass is 19.1. The van der Waals surface area contributed by atoms with E-state index in [1.165, 1.54) is 12.1 Å². The molecule has 4 heterocycles. The quantitative estimate of drug-likeness (QED) is 0.396. The minimum atomic E-state index is -0.545. The molecule has 0 unspecified atom stereocenters. The second-order valence-corrected chi connectivity index (χ2v) is 9.84. The molecule has 4 aromatic rings. The molecule has 182 valence electrons. The van der Waals surface area contributed by atoms with Crippen LogP contribution in [-0.4, -0.2) is 57.1 Å². The van der Waals surface area contributed by atoms with Gasteiger partial charge < -0.3 is 18.9 Å². The Hall–Kier alpha value is -3.75. The molecule has 35 heavy (non-hydrogen) atoms. The lowest BCUT2D eigenvalue weighted by Crippen LogP contribution is -2.50. The van der Waals surface area contributed by atoms with Gasteiger partial charge in [0.25, 0.3) is 0 Å². The maximum atomic E-state index is 15.2. The summed E-state index contributed by atoms with van der Waals surface area (Å²) in [6.45, 7) is 9.44. The van der Waals surface area contributed by atoms with Crippen molar-refractivity contribution in [2.45, 2.75) is 33.3 Å². The van der Waals surface area contributed by atoms with Crippen molar-refractivity contribution in [3.05, 3.63) is 60.1 Å². The Morgan fingerprint density at radius 1 is 0.971 bits per heavy atom. The number of rotatable bonds is 2. The van der Waals surface area contributed by atoms with Crippen molar-refractivity contribution in [3.8, 4) is 11.3 Å². The largest absolute Gasteiger partial charge is 0.444 e. The zero-order valence-corrected chi connectivity index (χ0v) is 20.2. The highest BCUT2D eigenvalue weighted by Crippen LogP contribution is 2.29. The van der Waals surface area contributed by atoms with Gasteiger partial charge in [0.1, 0.15) is 11.1 Å². The number of hydrogen-bond acceptors (Lipinski definition) is 5. The molecule has 0 bridgehead atoms. The Labute approximate surface area is 201 Å². The first-order valence-electron chi connectivity index (χ1n) is 11.6. The van der Waals surface area contributed by atoms with Gasteiger partial charge in [-0.15, -0.1) is 0 Å². The number of ether oxygens (including phenoxy) is 1. The van der Waals surface area contributed by atoms with Crippen molar-refractivity contribution in [1.82, 2.24) is 19.3 Å². The van der Waals surface area contributed by atoms with Crippen LogP contribution in [-0.2, 0) is 4.74 Å². The maximum absolute atomic E-state index is 15.2. The average molecular weight is 480 g/mol. The summed E-state index contributed by atoms with van der Waals surface area (Å²) in [4.78, 5) is 24.7. The summed E-state index contributed by atoms with van der Waals surface area (Å²) >= 11 is 0. The van der Waals surface area contributed by atoms with E-state index in [1.54, 1.807) is 40.8 Å². The van der Waals surface area contributed by atoms with Gasteiger partial charge in [-0.2, -0.15) is 0 Å². The van der Waals surface area contributed by atoms with Crippen LogP contribution < -0.4 is 4.90 Å². The SMILES string of the molecule is Cc1cn2cc(-c3ccc4cc(N5CCN(C(=O)OC(C)(C)C)CC5)cc(F)c4n3)cc(F)c2n1. The van der Waals surface area contributed by atoms with E-state index in [1.807, 2.05) is 31.7 Å². The third-order valence-electron chi connectivity index (χ3n) is 5.95. The van der Waals surface area contributed by atoms with Gasteiger partial charge in [-0.3, -0.25) is 0 Å². The molecule has 1 amide bonds. The minimum absolute atomic E-state index is 0.223. The summed E-state index contributed by atoms with van der Waals surface area (Å²) in [5.74, 6) is -0.909. The Balaban J connectivity index is 1.38. The molecule has 0 N–H and O–H groups in total. The lowest BCUT2D eigenvalue weighted by molar-refractivity contribution is 0.0240. The second kappa shape index (κ2) is 8.48. The fourth-order valence-corrected chi connectivity index (χ4v) is 4.31. The molecule has 0 atom stereocenters. The van der Waals surface area contributed by atoms with E-state index in [4.69, 9.17) is 4.74 Å². The van der Waals surface area contributed by atoms with Crippen LogP contribution in [0.25, 0.3) is 27.8 Å². The minimum Gasteiger partial charge on any atom is -0.444 e. The molecule has 9 heteroatoms. The molecule has 5 rings (SSSR count). The molecular formula is C26H27F2N5O2. The van der Waals surface area contributed by atoms with Crippen LogP contribution in [0.4, 0.5) is 19.3 Å². The molecule has 0 radical (unpaired) electrons. The van der Waals surface area contributed by atoms with Crippen molar-refractivity contribution in [2.75, 3.05) is 31.1 Å². The third kappa shape index (κ3) is 4.62. The fourth-order valence-electron chi connectivity index (χ4n) is 4.31. The number of carbonyl (C=O) groups excluding carboxylic acids is 1. The predicted octanol–water partition coefficient (Wildman–Crippen LogP) is 5.19. The smallest absolute Gasteiger partial charge is 0.410 e. The first-order valence-corrected chi connectivity index (χ1v) is 11.6. The third-order valence-corrected chi connectivity index (χ3v) is 5.95. The van der Waals surface area contributed by atoms with Crippen LogP contribution >= 0.6 is 0 Å². The highest BCUT2D eigenvalue weighted by Gasteiger charge is 2.26. The zero-order chi connectivity index (χ0) is 24.9. The van der Waals surface area contributed by atoms with Gasteiger partial charge in [0.05, 0.1) is 11.4 Å². The predicted molar refractivity (Wildman–Crippen MR) is 131 cm³/mol. The van der Waals surface area contributed by atoms with Gasteiger partial charge >= 0.3 is 6.09 Å². The fraction of sp³-hybridized carbons (Fsp3) is 0.346. The summed E-state index contributed by atoms with van der Waals surface area (Å²) in [6, 6.07) is 8.28. The van der Waals surface area contributed by atoms with E-state index in [0.29, 0.717) is 48.5 Å². The van der Waals surface area contributed by atoms with Gasteiger partial charge in [0.2, 0.25) is 0 Å². The Bertz CT molecular complexity index is 1440.